The number of benzene rings is 5. The predicted molar refractivity (Wildman–Crippen MR) is 254 cm³/mol. The number of amides is 3. The van der Waals surface area contributed by atoms with Gasteiger partial charge in [0.15, 0.2) is 11.5 Å². The minimum absolute atomic E-state index is 0.0308. The Morgan fingerprint density at radius 3 is 2.11 bits per heavy atom. The first-order chi connectivity index (χ1) is 31.1. The Hall–Kier alpha value is -6.03. The largest absolute Gasteiger partial charge is 0.493 e. The first-order valence-corrected chi connectivity index (χ1v) is 23.6. The van der Waals surface area contributed by atoms with Crippen LogP contribution >= 0.6 is 12.6 Å². The van der Waals surface area contributed by atoms with E-state index < -0.39 is 21.4 Å². The molecule has 65 heavy (non-hydrogen) atoms. The van der Waals surface area contributed by atoms with Gasteiger partial charge in [-0.1, -0.05) is 50.2 Å². The van der Waals surface area contributed by atoms with Gasteiger partial charge in [0.2, 0.25) is 5.91 Å². The summed E-state index contributed by atoms with van der Waals surface area (Å²) in [5.74, 6) is 0.767. The molecule has 0 aromatic heterocycles. The van der Waals surface area contributed by atoms with Gasteiger partial charge < -0.3 is 34.6 Å². The summed E-state index contributed by atoms with van der Waals surface area (Å²) in [7, 11) is -1.37. The van der Waals surface area contributed by atoms with E-state index in [0.717, 1.165) is 41.5 Å². The molecule has 3 amide bonds. The lowest BCUT2D eigenvalue weighted by Gasteiger charge is -2.28. The second-order valence-corrected chi connectivity index (χ2v) is 21.0. The molecule has 5 aromatic rings. The molecule has 15 heteroatoms. The second kappa shape index (κ2) is 17.4. The number of carbonyl (C=O) groups excluding carboxylic acids is 3. The lowest BCUT2D eigenvalue weighted by atomic mass is 9.97. The van der Waals surface area contributed by atoms with E-state index in [1.807, 2.05) is 86.3 Å². The van der Waals surface area contributed by atoms with Crippen molar-refractivity contribution in [1.29, 1.82) is 0 Å². The molecule has 2 N–H and O–H groups in total. The number of fused-ring (bicyclic) bond motifs is 8. The number of thiol groups is 1. The average molecular weight is 917 g/mol. The minimum atomic E-state index is -4.06. The van der Waals surface area contributed by atoms with Crippen LogP contribution in [0.4, 0.5) is 22.7 Å². The van der Waals surface area contributed by atoms with Gasteiger partial charge in [0.1, 0.15) is 24.2 Å². The Bertz CT molecular complexity index is 2840. The fraction of sp³-hybridized carbons (Fsp3) is 0.340. The van der Waals surface area contributed by atoms with Crippen molar-refractivity contribution in [3.63, 3.8) is 0 Å². The number of carbonyl (C=O) groups is 3. The standard InChI is InChI=1S/C50H52N4O9S2/c1-29-16-37-34(23-46(65(58,59)61-5)42-21-33-11-7-9-13-41(33)54(42)48(37)56)22-43(29)62-27-30-17-31(19-35(18-30)52-47(55)14-15-50(2,3)64)28-63-45-25-39-38(24-44(45)60-4)49(57)53-36(26-51-39)20-32-10-6-8-12-40(32)53/h6-13,16-19,22,24-25,36,42,46,51,64H,14-15,20-21,23,26-28H2,1-5H3,(H,52,55)/t36-,42-,46?/m0/s1. The molecule has 1 unspecified atom stereocenters. The van der Waals surface area contributed by atoms with Crippen LogP contribution in [0.2, 0.25) is 0 Å². The van der Waals surface area contributed by atoms with Gasteiger partial charge in [0.25, 0.3) is 21.9 Å². The number of rotatable bonds is 13. The van der Waals surface area contributed by atoms with Crippen LogP contribution < -0.4 is 34.6 Å². The fourth-order valence-electron chi connectivity index (χ4n) is 9.50. The molecule has 0 saturated carbocycles. The highest BCUT2D eigenvalue weighted by Crippen LogP contribution is 2.43. The molecular weight excluding hydrogens is 865 g/mol. The highest BCUT2D eigenvalue weighted by Gasteiger charge is 2.47. The van der Waals surface area contributed by atoms with E-state index in [9.17, 15) is 22.8 Å². The monoisotopic (exact) mass is 916 g/mol. The maximum atomic E-state index is 14.3. The average Bonchev–Trinajstić information content (AvgIpc) is 3.79. The number of ether oxygens (including phenoxy) is 3. The predicted octanol–water partition coefficient (Wildman–Crippen LogP) is 8.06. The van der Waals surface area contributed by atoms with Gasteiger partial charge in [0, 0.05) is 46.4 Å². The van der Waals surface area contributed by atoms with Crippen LogP contribution in [0, 0.1) is 6.92 Å². The number of nitrogens with one attached hydrogen (secondary N) is 2. The van der Waals surface area contributed by atoms with Crippen LogP contribution in [-0.2, 0) is 51.6 Å². The van der Waals surface area contributed by atoms with Crippen LogP contribution in [0.3, 0.4) is 0 Å². The maximum absolute atomic E-state index is 14.3. The number of anilines is 4. The van der Waals surface area contributed by atoms with Gasteiger partial charge >= 0.3 is 0 Å². The molecule has 4 heterocycles. The molecule has 0 aliphatic carbocycles. The lowest BCUT2D eigenvalue weighted by Crippen LogP contribution is -2.47. The van der Waals surface area contributed by atoms with E-state index in [1.165, 1.54) is 7.11 Å². The highest BCUT2D eigenvalue weighted by atomic mass is 32.2. The van der Waals surface area contributed by atoms with Gasteiger partial charge in [-0.3, -0.25) is 18.6 Å². The van der Waals surface area contributed by atoms with Crippen LogP contribution in [0.5, 0.6) is 17.2 Å². The molecule has 0 spiro atoms. The molecule has 0 saturated heterocycles. The summed E-state index contributed by atoms with van der Waals surface area (Å²) in [6.07, 6.45) is 2.03. The Morgan fingerprint density at radius 1 is 0.785 bits per heavy atom. The van der Waals surface area contributed by atoms with Gasteiger partial charge in [-0.15, -0.1) is 0 Å². The first-order valence-electron chi connectivity index (χ1n) is 21.7. The third kappa shape index (κ3) is 8.76. The minimum Gasteiger partial charge on any atom is -0.493 e. The zero-order valence-electron chi connectivity index (χ0n) is 37.0. The number of nitrogens with zero attached hydrogens (tertiary/aromatic N) is 2. The van der Waals surface area contributed by atoms with Crippen molar-refractivity contribution >= 4 is 63.2 Å². The number of aryl methyl sites for hydroxylation is 1. The Labute approximate surface area is 384 Å². The van der Waals surface area contributed by atoms with Crippen LogP contribution in [0.15, 0.2) is 91.0 Å². The fourth-order valence-corrected chi connectivity index (χ4v) is 10.8. The second-order valence-electron chi connectivity index (χ2n) is 17.8. The van der Waals surface area contributed by atoms with Gasteiger partial charge in [-0.05, 0) is 115 Å². The molecule has 338 valence electrons. The topological polar surface area (TPSA) is 153 Å². The zero-order valence-corrected chi connectivity index (χ0v) is 38.7. The molecule has 5 aromatic carbocycles. The van der Waals surface area contributed by atoms with E-state index in [2.05, 4.69) is 29.3 Å². The molecule has 4 aliphatic heterocycles. The van der Waals surface area contributed by atoms with Crippen molar-refractivity contribution in [2.75, 3.05) is 41.2 Å². The molecular formula is C50H52N4O9S2. The molecule has 4 aliphatic rings. The molecule has 0 bridgehead atoms. The summed E-state index contributed by atoms with van der Waals surface area (Å²) in [5.41, 5.74) is 8.46. The Morgan fingerprint density at radius 2 is 1.43 bits per heavy atom. The normalized spacial score (nSPS) is 18.5. The molecule has 13 nitrogen and oxygen atoms in total. The third-order valence-corrected chi connectivity index (χ3v) is 14.7. The molecule has 3 atom stereocenters. The summed E-state index contributed by atoms with van der Waals surface area (Å²) < 4.78 is 50.4. The van der Waals surface area contributed by atoms with E-state index in [-0.39, 0.29) is 54.6 Å². The van der Waals surface area contributed by atoms with Crippen molar-refractivity contribution in [2.45, 2.75) is 88.2 Å². The number of para-hydroxylation sites is 2. The SMILES string of the molecule is COc1cc2c(cc1OCc1cc(COc3cc4c(cc3C)C(=O)N3c5ccccc5C[C@H]3C(S(=O)(=O)OC)C4)cc(NC(=O)CCC(C)(C)S)c1)NC[C@@H]1Cc3ccccc3N1C2=O. The molecule has 9 rings (SSSR count). The summed E-state index contributed by atoms with van der Waals surface area (Å²) in [6.45, 7) is 6.49. The van der Waals surface area contributed by atoms with Crippen molar-refractivity contribution in [1.82, 2.24) is 0 Å². The molecule has 0 radical (unpaired) electrons. The van der Waals surface area contributed by atoms with Crippen LogP contribution in [0.25, 0.3) is 0 Å². The van der Waals surface area contributed by atoms with Crippen molar-refractivity contribution in [3.8, 4) is 17.2 Å². The lowest BCUT2D eigenvalue weighted by molar-refractivity contribution is -0.116. The van der Waals surface area contributed by atoms with Gasteiger partial charge in [-0.2, -0.15) is 21.0 Å². The summed E-state index contributed by atoms with van der Waals surface area (Å²) in [4.78, 5) is 45.0. The summed E-state index contributed by atoms with van der Waals surface area (Å²) in [6, 6.07) is 27.5. The van der Waals surface area contributed by atoms with Crippen molar-refractivity contribution in [3.05, 3.63) is 136 Å². The smallest absolute Gasteiger partial charge is 0.272 e. The number of hydrogen-bond donors (Lipinski definition) is 3. The van der Waals surface area contributed by atoms with Gasteiger partial charge in [0.05, 0.1) is 37.6 Å². The van der Waals surface area contributed by atoms with Gasteiger partial charge in [-0.25, -0.2) is 0 Å². The van der Waals surface area contributed by atoms with Crippen LogP contribution in [0.1, 0.15) is 80.8 Å². The number of methoxy groups -OCH3 is 1. The van der Waals surface area contributed by atoms with E-state index >= 15 is 0 Å². The van der Waals surface area contributed by atoms with E-state index in [1.54, 1.807) is 29.2 Å². The third-order valence-electron chi connectivity index (χ3n) is 12.8. The molecule has 0 fully saturated rings. The van der Waals surface area contributed by atoms with Crippen molar-refractivity contribution in [2.24, 2.45) is 0 Å². The number of hydrogen-bond acceptors (Lipinski definition) is 11. The van der Waals surface area contributed by atoms with Crippen molar-refractivity contribution < 1.29 is 41.2 Å². The highest BCUT2D eigenvalue weighted by molar-refractivity contribution is 7.87. The quantitative estimate of drug-likeness (QED) is 0.0782. The van der Waals surface area contributed by atoms with E-state index in [0.29, 0.717) is 76.0 Å². The Balaban J connectivity index is 0.985. The zero-order chi connectivity index (χ0) is 45.8. The van der Waals surface area contributed by atoms with Crippen LogP contribution in [-0.4, -0.2) is 69.0 Å². The maximum Gasteiger partial charge on any atom is 0.272 e. The Kier molecular flexibility index (Phi) is 11.8. The van der Waals surface area contributed by atoms with E-state index in [4.69, 9.17) is 18.4 Å². The first kappa shape index (κ1) is 44.2. The summed E-state index contributed by atoms with van der Waals surface area (Å²) in [5, 5.41) is 5.50. The summed E-state index contributed by atoms with van der Waals surface area (Å²) >= 11 is 4.59.